The van der Waals surface area contributed by atoms with E-state index >= 15 is 0 Å². The molecular formula is C12H16N4OS. The van der Waals surface area contributed by atoms with Gasteiger partial charge in [-0.3, -0.25) is 4.79 Å². The van der Waals surface area contributed by atoms with Crippen LogP contribution in [0.4, 0.5) is 0 Å². The minimum atomic E-state index is -0.138. The van der Waals surface area contributed by atoms with Crippen molar-refractivity contribution in [3.8, 4) is 10.6 Å². The molecule has 1 N–H and O–H groups in total. The van der Waals surface area contributed by atoms with Gasteiger partial charge < -0.3 is 5.43 Å². The van der Waals surface area contributed by atoms with Gasteiger partial charge in [-0.2, -0.15) is 0 Å². The van der Waals surface area contributed by atoms with E-state index < -0.39 is 0 Å². The summed E-state index contributed by atoms with van der Waals surface area (Å²) in [4.78, 5) is 13.1. The first kappa shape index (κ1) is 12.8. The van der Waals surface area contributed by atoms with Crippen LogP contribution < -0.4 is 11.0 Å². The van der Waals surface area contributed by atoms with Gasteiger partial charge in [0.15, 0.2) is 11.5 Å². The lowest BCUT2D eigenvalue weighted by atomic mass is 10.2. The highest BCUT2D eigenvalue weighted by molar-refractivity contribution is 7.13. The quantitative estimate of drug-likeness (QED) is 0.895. The molecule has 0 aliphatic rings. The summed E-state index contributed by atoms with van der Waals surface area (Å²) in [5.41, 5.74) is 3.15. The molecule has 18 heavy (non-hydrogen) atoms. The lowest BCUT2D eigenvalue weighted by Gasteiger charge is -2.10. The van der Waals surface area contributed by atoms with Crippen molar-refractivity contribution in [2.24, 2.45) is 0 Å². The molecule has 0 saturated carbocycles. The van der Waals surface area contributed by atoms with Crippen molar-refractivity contribution in [2.45, 2.75) is 26.2 Å². The standard InChI is InChI=1S/C12H16N4OS/c1-3-4-7-10-14-15-11(9-6-5-8-18-9)12(17)16(10)13-2/h5-6,8,13H,3-4,7H2,1-2H3. The van der Waals surface area contributed by atoms with Crippen molar-refractivity contribution in [3.63, 3.8) is 0 Å². The van der Waals surface area contributed by atoms with Gasteiger partial charge in [0.05, 0.1) is 4.88 Å². The number of rotatable bonds is 5. The van der Waals surface area contributed by atoms with E-state index in [4.69, 9.17) is 0 Å². The molecule has 0 saturated heterocycles. The van der Waals surface area contributed by atoms with Crippen LogP contribution in [0.25, 0.3) is 10.6 Å². The summed E-state index contributed by atoms with van der Waals surface area (Å²) < 4.78 is 1.48. The molecule has 2 aromatic rings. The summed E-state index contributed by atoms with van der Waals surface area (Å²) >= 11 is 1.49. The Bertz CT molecular complexity index is 562. The number of hydrogen-bond donors (Lipinski definition) is 1. The van der Waals surface area contributed by atoms with Gasteiger partial charge in [0.25, 0.3) is 5.56 Å². The predicted molar refractivity (Wildman–Crippen MR) is 73.5 cm³/mol. The van der Waals surface area contributed by atoms with Crippen molar-refractivity contribution in [1.29, 1.82) is 0 Å². The van der Waals surface area contributed by atoms with E-state index in [9.17, 15) is 4.79 Å². The van der Waals surface area contributed by atoms with E-state index in [0.29, 0.717) is 11.5 Å². The Hall–Kier alpha value is -1.69. The molecule has 96 valence electrons. The first-order valence-corrected chi connectivity index (χ1v) is 6.86. The zero-order valence-electron chi connectivity index (χ0n) is 10.5. The van der Waals surface area contributed by atoms with Gasteiger partial charge in [0.1, 0.15) is 0 Å². The lowest BCUT2D eigenvalue weighted by Crippen LogP contribution is -2.33. The summed E-state index contributed by atoms with van der Waals surface area (Å²) in [6, 6.07) is 3.78. The van der Waals surface area contributed by atoms with Gasteiger partial charge in [-0.05, 0) is 17.9 Å². The molecule has 2 heterocycles. The van der Waals surface area contributed by atoms with E-state index in [2.05, 4.69) is 22.5 Å². The topological polar surface area (TPSA) is 59.8 Å². The molecule has 0 bridgehead atoms. The highest BCUT2D eigenvalue weighted by Gasteiger charge is 2.13. The predicted octanol–water partition coefficient (Wildman–Crippen LogP) is 1.88. The molecule has 0 unspecified atom stereocenters. The van der Waals surface area contributed by atoms with E-state index in [1.807, 2.05) is 17.5 Å². The summed E-state index contributed by atoms with van der Waals surface area (Å²) in [6.45, 7) is 2.11. The fourth-order valence-electron chi connectivity index (χ4n) is 1.71. The van der Waals surface area contributed by atoms with Crippen LogP contribution in [0.3, 0.4) is 0 Å². The smallest absolute Gasteiger partial charge is 0.299 e. The van der Waals surface area contributed by atoms with Crippen LogP contribution in [0.1, 0.15) is 25.6 Å². The SMILES string of the molecule is CCCCc1nnc(-c2cccs2)c(=O)n1NC. The molecule has 6 heteroatoms. The van der Waals surface area contributed by atoms with Crippen LogP contribution in [0.5, 0.6) is 0 Å². The summed E-state index contributed by atoms with van der Waals surface area (Å²) in [6.07, 6.45) is 2.81. The molecule has 2 aromatic heterocycles. The Morgan fingerprint density at radius 3 is 2.89 bits per heavy atom. The van der Waals surface area contributed by atoms with E-state index in [1.54, 1.807) is 7.05 Å². The fourth-order valence-corrected chi connectivity index (χ4v) is 2.41. The van der Waals surface area contributed by atoms with E-state index in [-0.39, 0.29) is 5.56 Å². The molecule has 5 nitrogen and oxygen atoms in total. The van der Waals surface area contributed by atoms with Crippen molar-refractivity contribution in [2.75, 3.05) is 12.5 Å². The molecule has 0 fully saturated rings. The minimum Gasteiger partial charge on any atom is -0.324 e. The normalized spacial score (nSPS) is 10.6. The minimum absolute atomic E-state index is 0.138. The molecule has 0 radical (unpaired) electrons. The van der Waals surface area contributed by atoms with Crippen molar-refractivity contribution >= 4 is 11.3 Å². The Morgan fingerprint density at radius 1 is 1.44 bits per heavy atom. The molecule has 0 spiro atoms. The Kier molecular flexibility index (Phi) is 4.09. The fraction of sp³-hybridized carbons (Fsp3) is 0.417. The number of aryl methyl sites for hydroxylation is 1. The van der Waals surface area contributed by atoms with Gasteiger partial charge in [-0.25, -0.2) is 4.68 Å². The van der Waals surface area contributed by atoms with Crippen LogP contribution >= 0.6 is 11.3 Å². The second kappa shape index (κ2) is 5.77. The van der Waals surface area contributed by atoms with Crippen molar-refractivity contribution in [1.82, 2.24) is 14.9 Å². The molecular weight excluding hydrogens is 248 g/mol. The third-order valence-corrected chi connectivity index (χ3v) is 3.54. The number of nitrogens with one attached hydrogen (secondary N) is 1. The van der Waals surface area contributed by atoms with E-state index in [1.165, 1.54) is 16.0 Å². The van der Waals surface area contributed by atoms with Crippen LogP contribution in [0.2, 0.25) is 0 Å². The maximum absolute atomic E-state index is 12.3. The van der Waals surface area contributed by atoms with E-state index in [0.717, 1.165) is 24.1 Å². The van der Waals surface area contributed by atoms with Gasteiger partial charge in [-0.15, -0.1) is 21.5 Å². The summed E-state index contributed by atoms with van der Waals surface area (Å²) in [5, 5.41) is 10.2. The highest BCUT2D eigenvalue weighted by Crippen LogP contribution is 2.18. The van der Waals surface area contributed by atoms with Crippen LogP contribution in [0, 0.1) is 0 Å². The Morgan fingerprint density at radius 2 is 2.28 bits per heavy atom. The molecule has 0 amide bonds. The van der Waals surface area contributed by atoms with Gasteiger partial charge in [0.2, 0.25) is 0 Å². The van der Waals surface area contributed by atoms with Crippen LogP contribution in [-0.4, -0.2) is 21.9 Å². The molecule has 2 rings (SSSR count). The summed E-state index contributed by atoms with van der Waals surface area (Å²) in [7, 11) is 1.72. The zero-order chi connectivity index (χ0) is 13.0. The number of unbranched alkanes of at least 4 members (excludes halogenated alkanes) is 1. The molecule has 0 atom stereocenters. The monoisotopic (exact) mass is 264 g/mol. The Labute approximate surface area is 109 Å². The largest absolute Gasteiger partial charge is 0.324 e. The van der Waals surface area contributed by atoms with Gasteiger partial charge in [-0.1, -0.05) is 19.4 Å². The van der Waals surface area contributed by atoms with Gasteiger partial charge >= 0.3 is 0 Å². The zero-order valence-corrected chi connectivity index (χ0v) is 11.3. The number of aromatic nitrogens is 3. The van der Waals surface area contributed by atoms with Crippen molar-refractivity contribution < 1.29 is 0 Å². The number of nitrogens with zero attached hydrogens (tertiary/aromatic N) is 3. The third-order valence-electron chi connectivity index (χ3n) is 2.66. The average molecular weight is 264 g/mol. The maximum Gasteiger partial charge on any atom is 0.299 e. The summed E-state index contributed by atoms with van der Waals surface area (Å²) in [5.74, 6) is 0.685. The molecule has 0 aromatic carbocycles. The van der Waals surface area contributed by atoms with Crippen LogP contribution in [-0.2, 0) is 6.42 Å². The first-order valence-electron chi connectivity index (χ1n) is 5.98. The first-order chi connectivity index (χ1) is 8.77. The van der Waals surface area contributed by atoms with Gasteiger partial charge in [0, 0.05) is 13.5 Å². The maximum atomic E-state index is 12.3. The second-order valence-electron chi connectivity index (χ2n) is 3.91. The number of thiophene rings is 1. The third kappa shape index (κ3) is 2.43. The molecule has 0 aliphatic heterocycles. The average Bonchev–Trinajstić information content (AvgIpc) is 2.90. The highest BCUT2D eigenvalue weighted by atomic mass is 32.1. The Balaban J connectivity index is 2.45. The molecule has 0 aliphatic carbocycles. The second-order valence-corrected chi connectivity index (χ2v) is 4.86. The lowest BCUT2D eigenvalue weighted by molar-refractivity contribution is 0.657. The van der Waals surface area contributed by atoms with Crippen LogP contribution in [0.15, 0.2) is 22.3 Å². The number of hydrogen-bond acceptors (Lipinski definition) is 5. The van der Waals surface area contributed by atoms with Crippen molar-refractivity contribution in [3.05, 3.63) is 33.7 Å².